The Morgan fingerprint density at radius 3 is 2.56 bits per heavy atom. The van der Waals surface area contributed by atoms with E-state index in [-0.39, 0.29) is 13.2 Å². The molecule has 1 aromatic carbocycles. The first-order chi connectivity index (χ1) is 7.56. The van der Waals surface area contributed by atoms with Gasteiger partial charge in [-0.1, -0.05) is 17.7 Å². The quantitative estimate of drug-likeness (QED) is 0.743. The maximum atomic E-state index is 9.14. The standard InChI is InChI=1S/C11H13ClN2O2/c1-11(6-15,7-16)14-10-4-2-3-9(12)8(10)5-13/h2-4,14-16H,6-7H2,1H3. The van der Waals surface area contributed by atoms with Gasteiger partial charge in [0.25, 0.3) is 0 Å². The predicted molar refractivity (Wildman–Crippen MR) is 62.4 cm³/mol. The number of hydrogen-bond donors (Lipinski definition) is 3. The van der Waals surface area contributed by atoms with Gasteiger partial charge in [0.05, 0.1) is 35.0 Å². The zero-order valence-electron chi connectivity index (χ0n) is 8.87. The van der Waals surface area contributed by atoms with E-state index in [4.69, 9.17) is 27.1 Å². The fourth-order valence-electron chi connectivity index (χ4n) is 1.20. The number of hydrogen-bond acceptors (Lipinski definition) is 4. The van der Waals surface area contributed by atoms with Crippen molar-refractivity contribution in [2.45, 2.75) is 12.5 Å². The second kappa shape index (κ2) is 5.17. The van der Waals surface area contributed by atoms with E-state index < -0.39 is 5.54 Å². The van der Waals surface area contributed by atoms with Gasteiger partial charge in [-0.2, -0.15) is 5.26 Å². The van der Waals surface area contributed by atoms with Crippen molar-refractivity contribution in [1.82, 2.24) is 0 Å². The maximum absolute atomic E-state index is 9.14. The summed E-state index contributed by atoms with van der Waals surface area (Å²) in [6.07, 6.45) is 0. The van der Waals surface area contributed by atoms with Gasteiger partial charge in [-0.25, -0.2) is 0 Å². The number of aliphatic hydroxyl groups excluding tert-OH is 2. The molecule has 16 heavy (non-hydrogen) atoms. The van der Waals surface area contributed by atoms with Gasteiger partial charge >= 0.3 is 0 Å². The lowest BCUT2D eigenvalue weighted by atomic mass is 10.0. The first-order valence-electron chi connectivity index (χ1n) is 4.75. The smallest absolute Gasteiger partial charge is 0.103 e. The van der Waals surface area contributed by atoms with Crippen LogP contribution in [0.1, 0.15) is 12.5 Å². The number of nitriles is 1. The summed E-state index contributed by atoms with van der Waals surface area (Å²) in [6.45, 7) is 1.15. The lowest BCUT2D eigenvalue weighted by Gasteiger charge is -2.28. The Morgan fingerprint density at radius 2 is 2.06 bits per heavy atom. The highest BCUT2D eigenvalue weighted by molar-refractivity contribution is 6.32. The number of benzene rings is 1. The summed E-state index contributed by atoms with van der Waals surface area (Å²) in [5.41, 5.74) is -0.0751. The van der Waals surface area contributed by atoms with Gasteiger partial charge in [-0.05, 0) is 19.1 Å². The van der Waals surface area contributed by atoms with Crippen LogP contribution in [-0.2, 0) is 0 Å². The molecule has 0 unspecified atom stereocenters. The molecule has 0 aliphatic rings. The molecule has 3 N–H and O–H groups in total. The number of rotatable bonds is 4. The van der Waals surface area contributed by atoms with Gasteiger partial charge in [-0.3, -0.25) is 0 Å². The molecule has 0 amide bonds. The van der Waals surface area contributed by atoms with E-state index in [1.807, 2.05) is 6.07 Å². The van der Waals surface area contributed by atoms with Crippen LogP contribution in [0.15, 0.2) is 18.2 Å². The molecule has 1 rings (SSSR count). The molecular formula is C11H13ClN2O2. The summed E-state index contributed by atoms with van der Waals surface area (Å²) in [4.78, 5) is 0. The second-order valence-corrected chi connectivity index (χ2v) is 4.18. The number of nitrogens with zero attached hydrogens (tertiary/aromatic N) is 1. The Bertz CT molecular complexity index is 411. The minimum absolute atomic E-state index is 0.249. The van der Waals surface area contributed by atoms with Gasteiger partial charge in [0.15, 0.2) is 0 Å². The van der Waals surface area contributed by atoms with E-state index in [1.54, 1.807) is 25.1 Å². The van der Waals surface area contributed by atoms with Gasteiger partial charge in [-0.15, -0.1) is 0 Å². The molecule has 0 fully saturated rings. The summed E-state index contributed by atoms with van der Waals surface area (Å²) >= 11 is 5.86. The fourth-order valence-corrected chi connectivity index (χ4v) is 1.41. The number of anilines is 1. The molecule has 86 valence electrons. The van der Waals surface area contributed by atoms with Gasteiger partial charge in [0, 0.05) is 0 Å². The molecular weight excluding hydrogens is 228 g/mol. The van der Waals surface area contributed by atoms with E-state index in [0.29, 0.717) is 16.3 Å². The predicted octanol–water partition coefficient (Wildman–Crippen LogP) is 1.37. The second-order valence-electron chi connectivity index (χ2n) is 3.78. The van der Waals surface area contributed by atoms with Crippen molar-refractivity contribution in [2.24, 2.45) is 0 Å². The third-order valence-electron chi connectivity index (χ3n) is 2.26. The molecule has 0 saturated carbocycles. The maximum Gasteiger partial charge on any atom is 0.103 e. The summed E-state index contributed by atoms with van der Waals surface area (Å²) in [5, 5.41) is 30.5. The number of halogens is 1. The van der Waals surface area contributed by atoms with Crippen molar-refractivity contribution in [3.8, 4) is 6.07 Å². The minimum atomic E-state index is -0.879. The van der Waals surface area contributed by atoms with E-state index in [9.17, 15) is 0 Å². The Balaban J connectivity index is 3.07. The largest absolute Gasteiger partial charge is 0.394 e. The highest BCUT2D eigenvalue weighted by atomic mass is 35.5. The van der Waals surface area contributed by atoms with Gasteiger partial charge in [0.2, 0.25) is 0 Å². The van der Waals surface area contributed by atoms with Gasteiger partial charge < -0.3 is 15.5 Å². The van der Waals surface area contributed by atoms with E-state index in [1.165, 1.54) is 0 Å². The van der Waals surface area contributed by atoms with Crippen LogP contribution in [0, 0.1) is 11.3 Å². The highest BCUT2D eigenvalue weighted by Crippen LogP contribution is 2.25. The summed E-state index contributed by atoms with van der Waals surface area (Å²) in [5.74, 6) is 0. The van der Waals surface area contributed by atoms with Crippen LogP contribution < -0.4 is 5.32 Å². The van der Waals surface area contributed by atoms with E-state index in [0.717, 1.165) is 0 Å². The monoisotopic (exact) mass is 240 g/mol. The Hall–Kier alpha value is -1.28. The summed E-state index contributed by atoms with van der Waals surface area (Å²) in [6, 6.07) is 6.96. The van der Waals surface area contributed by atoms with E-state index in [2.05, 4.69) is 5.32 Å². The molecule has 0 heterocycles. The molecule has 0 aromatic heterocycles. The lowest BCUT2D eigenvalue weighted by Crippen LogP contribution is -2.42. The minimum Gasteiger partial charge on any atom is -0.394 e. The van der Waals surface area contributed by atoms with Crippen molar-refractivity contribution in [3.05, 3.63) is 28.8 Å². The first kappa shape index (κ1) is 12.8. The van der Waals surface area contributed by atoms with Crippen molar-refractivity contribution < 1.29 is 10.2 Å². The highest BCUT2D eigenvalue weighted by Gasteiger charge is 2.23. The molecule has 0 aliphatic heterocycles. The normalized spacial score (nSPS) is 10.9. The summed E-state index contributed by atoms with van der Waals surface area (Å²) < 4.78 is 0. The van der Waals surface area contributed by atoms with Crippen molar-refractivity contribution in [2.75, 3.05) is 18.5 Å². The topological polar surface area (TPSA) is 76.3 Å². The molecule has 0 atom stereocenters. The number of nitrogens with one attached hydrogen (secondary N) is 1. The molecule has 0 radical (unpaired) electrons. The van der Waals surface area contributed by atoms with Crippen LogP contribution in [0.5, 0.6) is 0 Å². The molecule has 4 nitrogen and oxygen atoms in total. The van der Waals surface area contributed by atoms with E-state index >= 15 is 0 Å². The van der Waals surface area contributed by atoms with Crippen LogP contribution in [0.25, 0.3) is 0 Å². The van der Waals surface area contributed by atoms with Crippen LogP contribution in [0.3, 0.4) is 0 Å². The molecule has 1 aromatic rings. The van der Waals surface area contributed by atoms with Crippen LogP contribution >= 0.6 is 11.6 Å². The zero-order chi connectivity index (χ0) is 12.2. The SMILES string of the molecule is CC(CO)(CO)Nc1cccc(Cl)c1C#N. The van der Waals surface area contributed by atoms with Crippen molar-refractivity contribution in [1.29, 1.82) is 5.26 Å². The Morgan fingerprint density at radius 1 is 1.44 bits per heavy atom. The third-order valence-corrected chi connectivity index (χ3v) is 2.57. The average Bonchev–Trinajstić information content (AvgIpc) is 2.29. The molecule has 0 saturated heterocycles. The Labute approximate surface area is 99.1 Å². The fraction of sp³-hybridized carbons (Fsp3) is 0.364. The zero-order valence-corrected chi connectivity index (χ0v) is 9.62. The van der Waals surface area contributed by atoms with Crippen LogP contribution in [-0.4, -0.2) is 29.0 Å². The van der Waals surface area contributed by atoms with Crippen molar-refractivity contribution >= 4 is 17.3 Å². The average molecular weight is 241 g/mol. The molecule has 5 heteroatoms. The molecule has 0 aliphatic carbocycles. The van der Waals surface area contributed by atoms with Gasteiger partial charge in [0.1, 0.15) is 6.07 Å². The summed E-state index contributed by atoms with van der Waals surface area (Å²) in [7, 11) is 0. The van der Waals surface area contributed by atoms with Crippen LogP contribution in [0.2, 0.25) is 5.02 Å². The molecule has 0 bridgehead atoms. The molecule has 0 spiro atoms. The third kappa shape index (κ3) is 2.64. The first-order valence-corrected chi connectivity index (χ1v) is 5.12. The number of aliphatic hydroxyl groups is 2. The van der Waals surface area contributed by atoms with Crippen molar-refractivity contribution in [3.63, 3.8) is 0 Å². The van der Waals surface area contributed by atoms with Crippen LogP contribution in [0.4, 0.5) is 5.69 Å². The lowest BCUT2D eigenvalue weighted by molar-refractivity contribution is 0.147. The Kier molecular flexibility index (Phi) is 4.13.